The smallest absolute Gasteiger partial charge is 0.275 e. The number of aliphatic hydroxyl groups is 1. The Labute approximate surface area is 108 Å². The highest BCUT2D eigenvalue weighted by molar-refractivity contribution is 5.54. The molecule has 0 saturated carbocycles. The van der Waals surface area contributed by atoms with Crippen LogP contribution in [0.1, 0.15) is 19.3 Å². The minimum Gasteiger partial charge on any atom is -0.394 e. The van der Waals surface area contributed by atoms with Gasteiger partial charge in [0.05, 0.1) is 29.7 Å². The van der Waals surface area contributed by atoms with Gasteiger partial charge in [-0.1, -0.05) is 0 Å². The van der Waals surface area contributed by atoms with Crippen LogP contribution in [0.15, 0.2) is 12.1 Å². The van der Waals surface area contributed by atoms with Gasteiger partial charge < -0.3 is 10.0 Å². The lowest BCUT2D eigenvalue weighted by molar-refractivity contribution is -0.385. The molecule has 1 unspecified atom stereocenters. The first-order chi connectivity index (χ1) is 9.04. The molecule has 0 aliphatic carbocycles. The average molecular weight is 272 g/mol. The highest BCUT2D eigenvalue weighted by Gasteiger charge is 2.28. The van der Waals surface area contributed by atoms with Gasteiger partial charge in [-0.15, -0.1) is 0 Å². The Morgan fingerprint density at radius 1 is 1.37 bits per heavy atom. The number of nitro groups is 1. The van der Waals surface area contributed by atoms with E-state index in [1.165, 1.54) is 4.90 Å². The summed E-state index contributed by atoms with van der Waals surface area (Å²) in [5, 5.41) is 19.8. The topological polar surface area (TPSA) is 66.6 Å². The number of hydrogen-bond donors (Lipinski definition) is 1. The van der Waals surface area contributed by atoms with E-state index in [9.17, 15) is 24.0 Å². The Morgan fingerprint density at radius 2 is 2.00 bits per heavy atom. The molecule has 0 aromatic heterocycles. The molecule has 1 aliphatic rings. The minimum absolute atomic E-state index is 0.199. The number of halogens is 2. The maximum absolute atomic E-state index is 13.9. The molecule has 1 heterocycles. The van der Waals surface area contributed by atoms with Crippen LogP contribution in [0.5, 0.6) is 0 Å². The summed E-state index contributed by atoms with van der Waals surface area (Å²) >= 11 is 0. The molecule has 104 valence electrons. The van der Waals surface area contributed by atoms with Crippen molar-refractivity contribution in [2.24, 2.45) is 0 Å². The van der Waals surface area contributed by atoms with Crippen LogP contribution in [0.4, 0.5) is 20.2 Å². The van der Waals surface area contributed by atoms with Gasteiger partial charge in [-0.2, -0.15) is 0 Å². The van der Waals surface area contributed by atoms with Gasteiger partial charge in [0.25, 0.3) is 5.69 Å². The Kier molecular flexibility index (Phi) is 3.94. The van der Waals surface area contributed by atoms with Crippen LogP contribution in [0, 0.1) is 21.7 Å². The molecule has 1 aliphatic heterocycles. The molecule has 0 amide bonds. The summed E-state index contributed by atoms with van der Waals surface area (Å²) in [4.78, 5) is 11.2. The van der Waals surface area contributed by atoms with Crippen molar-refractivity contribution in [3.8, 4) is 0 Å². The fraction of sp³-hybridized carbons (Fsp3) is 0.500. The predicted octanol–water partition coefficient (Wildman–Crippen LogP) is 2.22. The highest BCUT2D eigenvalue weighted by atomic mass is 19.1. The summed E-state index contributed by atoms with van der Waals surface area (Å²) in [6.07, 6.45) is 2.30. The first-order valence-electron chi connectivity index (χ1n) is 6.05. The van der Waals surface area contributed by atoms with E-state index in [1.54, 1.807) is 0 Å². The number of benzene rings is 1. The number of piperidine rings is 1. The normalized spacial score (nSPS) is 19.5. The van der Waals surface area contributed by atoms with Gasteiger partial charge in [0.1, 0.15) is 5.69 Å². The number of aliphatic hydroxyl groups excluding tert-OH is 1. The quantitative estimate of drug-likeness (QED) is 0.676. The van der Waals surface area contributed by atoms with Crippen molar-refractivity contribution in [3.63, 3.8) is 0 Å². The Hall–Kier alpha value is -1.76. The van der Waals surface area contributed by atoms with Gasteiger partial charge in [-0.3, -0.25) is 10.1 Å². The van der Waals surface area contributed by atoms with E-state index in [1.807, 2.05) is 0 Å². The monoisotopic (exact) mass is 272 g/mol. The molecule has 1 aromatic rings. The second kappa shape index (κ2) is 5.48. The molecule has 0 spiro atoms. The van der Waals surface area contributed by atoms with Crippen LogP contribution in [-0.4, -0.2) is 29.2 Å². The summed E-state index contributed by atoms with van der Waals surface area (Å²) in [7, 11) is 0. The van der Waals surface area contributed by atoms with E-state index in [2.05, 4.69) is 0 Å². The molecule has 1 N–H and O–H groups in total. The first kappa shape index (κ1) is 13.7. The van der Waals surface area contributed by atoms with E-state index in [4.69, 9.17) is 0 Å². The van der Waals surface area contributed by atoms with Crippen LogP contribution in [-0.2, 0) is 0 Å². The van der Waals surface area contributed by atoms with Crippen molar-refractivity contribution in [2.75, 3.05) is 18.1 Å². The molecule has 1 saturated heterocycles. The molecular formula is C12H14F2N2O3. The van der Waals surface area contributed by atoms with Crippen molar-refractivity contribution in [1.82, 2.24) is 0 Å². The number of nitro benzene ring substituents is 1. The predicted molar refractivity (Wildman–Crippen MR) is 65.1 cm³/mol. The van der Waals surface area contributed by atoms with Crippen molar-refractivity contribution < 1.29 is 18.8 Å². The van der Waals surface area contributed by atoms with Crippen molar-refractivity contribution in [1.29, 1.82) is 0 Å². The zero-order chi connectivity index (χ0) is 14.0. The van der Waals surface area contributed by atoms with Gasteiger partial charge in [-0.05, 0) is 19.3 Å². The lowest BCUT2D eigenvalue weighted by Gasteiger charge is -2.36. The highest BCUT2D eigenvalue weighted by Crippen LogP contribution is 2.32. The van der Waals surface area contributed by atoms with Crippen molar-refractivity contribution in [2.45, 2.75) is 25.3 Å². The Balaban J connectivity index is 2.41. The van der Waals surface area contributed by atoms with E-state index >= 15 is 0 Å². The maximum atomic E-state index is 13.9. The summed E-state index contributed by atoms with van der Waals surface area (Å²) in [5.74, 6) is -1.93. The zero-order valence-corrected chi connectivity index (χ0v) is 10.2. The number of rotatable bonds is 3. The fourth-order valence-corrected chi connectivity index (χ4v) is 2.42. The Morgan fingerprint density at radius 3 is 2.53 bits per heavy atom. The number of anilines is 1. The molecule has 1 fully saturated rings. The van der Waals surface area contributed by atoms with E-state index in [-0.39, 0.29) is 18.3 Å². The first-order valence-corrected chi connectivity index (χ1v) is 6.05. The second-order valence-electron chi connectivity index (χ2n) is 4.54. The molecule has 7 heteroatoms. The lowest BCUT2D eigenvalue weighted by atomic mass is 10.0. The number of nitrogens with zero attached hydrogens (tertiary/aromatic N) is 2. The van der Waals surface area contributed by atoms with Gasteiger partial charge >= 0.3 is 0 Å². The standard InChI is InChI=1S/C12H14F2N2O3/c13-10-5-9(16(18)19)6-11(14)12(10)15-4-2-1-3-8(15)7-17/h5-6,8,17H,1-4,7H2. The minimum atomic E-state index is -0.966. The zero-order valence-electron chi connectivity index (χ0n) is 10.2. The van der Waals surface area contributed by atoms with Gasteiger partial charge in [0.15, 0.2) is 11.6 Å². The molecular weight excluding hydrogens is 258 g/mol. The van der Waals surface area contributed by atoms with E-state index in [0.29, 0.717) is 25.1 Å². The third-order valence-electron chi connectivity index (χ3n) is 3.34. The summed E-state index contributed by atoms with van der Waals surface area (Å²) in [6.45, 7) is 0.229. The molecule has 0 radical (unpaired) electrons. The third kappa shape index (κ3) is 2.65. The van der Waals surface area contributed by atoms with Gasteiger partial charge in [0, 0.05) is 6.54 Å². The Bertz CT molecular complexity index is 473. The molecule has 2 rings (SSSR count). The van der Waals surface area contributed by atoms with Crippen LogP contribution in [0.3, 0.4) is 0 Å². The molecule has 1 aromatic carbocycles. The third-order valence-corrected chi connectivity index (χ3v) is 3.34. The van der Waals surface area contributed by atoms with Gasteiger partial charge in [-0.25, -0.2) is 8.78 Å². The van der Waals surface area contributed by atoms with Crippen LogP contribution >= 0.6 is 0 Å². The van der Waals surface area contributed by atoms with Crippen LogP contribution in [0.25, 0.3) is 0 Å². The van der Waals surface area contributed by atoms with Crippen LogP contribution < -0.4 is 4.90 Å². The molecule has 19 heavy (non-hydrogen) atoms. The molecule has 0 bridgehead atoms. The van der Waals surface area contributed by atoms with Crippen molar-refractivity contribution in [3.05, 3.63) is 33.9 Å². The maximum Gasteiger partial charge on any atom is 0.275 e. The second-order valence-corrected chi connectivity index (χ2v) is 4.54. The largest absolute Gasteiger partial charge is 0.394 e. The number of hydrogen-bond acceptors (Lipinski definition) is 4. The lowest BCUT2D eigenvalue weighted by Crippen LogP contribution is -2.42. The summed E-state index contributed by atoms with van der Waals surface area (Å²) in [5.41, 5.74) is -0.902. The van der Waals surface area contributed by atoms with Crippen molar-refractivity contribution >= 4 is 11.4 Å². The van der Waals surface area contributed by atoms with E-state index < -0.39 is 22.2 Å². The summed E-state index contributed by atoms with van der Waals surface area (Å²) in [6, 6.07) is 1.07. The van der Waals surface area contributed by atoms with Crippen LogP contribution in [0.2, 0.25) is 0 Å². The summed E-state index contributed by atoms with van der Waals surface area (Å²) < 4.78 is 27.8. The van der Waals surface area contributed by atoms with E-state index in [0.717, 1.165) is 12.8 Å². The van der Waals surface area contributed by atoms with Gasteiger partial charge in [0.2, 0.25) is 0 Å². The number of non-ortho nitro benzene ring substituents is 1. The SMILES string of the molecule is O=[N+]([O-])c1cc(F)c(N2CCCCC2CO)c(F)c1. The fourth-order valence-electron chi connectivity index (χ4n) is 2.42. The average Bonchev–Trinajstić information content (AvgIpc) is 2.38. The molecule has 5 nitrogen and oxygen atoms in total. The molecule has 1 atom stereocenters.